The second-order valence-corrected chi connectivity index (χ2v) is 8.45. The fourth-order valence-corrected chi connectivity index (χ4v) is 4.73. The summed E-state index contributed by atoms with van der Waals surface area (Å²) in [6.07, 6.45) is 6.91. The molecule has 1 aromatic carbocycles. The molecule has 30 heavy (non-hydrogen) atoms. The number of likely N-dealkylation sites (tertiary alicyclic amines) is 1. The highest BCUT2D eigenvalue weighted by Crippen LogP contribution is 2.29. The molecular weight excluding hydrogens is 376 g/mol. The van der Waals surface area contributed by atoms with Gasteiger partial charge in [0.05, 0.1) is 6.54 Å². The van der Waals surface area contributed by atoms with Crippen LogP contribution >= 0.6 is 0 Å². The van der Waals surface area contributed by atoms with E-state index >= 15 is 0 Å². The van der Waals surface area contributed by atoms with Gasteiger partial charge in [0.2, 0.25) is 5.91 Å². The van der Waals surface area contributed by atoms with E-state index in [0.29, 0.717) is 13.1 Å². The van der Waals surface area contributed by atoms with Crippen LogP contribution in [0.15, 0.2) is 30.5 Å². The van der Waals surface area contributed by atoms with E-state index in [1.807, 2.05) is 35.4 Å². The molecule has 1 amide bonds. The lowest BCUT2D eigenvalue weighted by Gasteiger charge is -2.27. The fourth-order valence-electron chi connectivity index (χ4n) is 4.73. The second kappa shape index (κ2) is 8.70. The molecule has 2 fully saturated rings. The minimum absolute atomic E-state index is 0.118. The smallest absolute Gasteiger partial charge is 0.240 e. The molecule has 1 aromatic heterocycles. The number of benzene rings is 1. The van der Waals surface area contributed by atoms with Crippen LogP contribution in [0.25, 0.3) is 11.4 Å². The molecule has 0 spiro atoms. The van der Waals surface area contributed by atoms with Crippen molar-refractivity contribution in [2.45, 2.75) is 25.7 Å². The van der Waals surface area contributed by atoms with Crippen LogP contribution in [0.5, 0.6) is 0 Å². The fraction of sp³-hybridized carbons (Fsp3) is 0.522. The molecule has 0 atom stereocenters. The van der Waals surface area contributed by atoms with Crippen LogP contribution < -0.4 is 15.1 Å². The summed E-state index contributed by atoms with van der Waals surface area (Å²) in [5, 5.41) is 3.11. The number of hydrogen-bond donors (Lipinski definition) is 1. The van der Waals surface area contributed by atoms with E-state index in [-0.39, 0.29) is 5.91 Å². The predicted molar refractivity (Wildman–Crippen MR) is 119 cm³/mol. The number of fused-ring (bicyclic) bond motifs is 1. The Bertz CT molecular complexity index is 893. The molecule has 0 radical (unpaired) electrons. The van der Waals surface area contributed by atoms with E-state index < -0.39 is 0 Å². The molecule has 7 heteroatoms. The number of rotatable bonds is 6. The lowest BCUT2D eigenvalue weighted by atomic mass is 10.1. The maximum absolute atomic E-state index is 12.1. The van der Waals surface area contributed by atoms with Crippen molar-refractivity contribution in [3.8, 4) is 11.4 Å². The minimum atomic E-state index is 0.118. The van der Waals surface area contributed by atoms with Crippen molar-refractivity contribution >= 4 is 17.4 Å². The number of piperazine rings is 1. The van der Waals surface area contributed by atoms with Crippen molar-refractivity contribution in [3.63, 3.8) is 0 Å². The largest absolute Gasteiger partial charge is 0.356 e. The normalized spacial score (nSPS) is 19.5. The van der Waals surface area contributed by atoms with Crippen LogP contribution in [0.4, 0.5) is 11.5 Å². The number of anilines is 2. The van der Waals surface area contributed by atoms with Gasteiger partial charge in [-0.25, -0.2) is 9.97 Å². The van der Waals surface area contributed by atoms with Crippen LogP contribution in [0.2, 0.25) is 0 Å². The molecule has 0 bridgehead atoms. The SMILES string of the molecule is O=C1CNCCN1c1ccc(-c2ncc3c(n2)N(CCCN2CCCC2)CC3)cc1. The van der Waals surface area contributed by atoms with Gasteiger partial charge in [0.15, 0.2) is 5.82 Å². The van der Waals surface area contributed by atoms with Crippen molar-refractivity contribution in [2.75, 3.05) is 62.2 Å². The first-order valence-electron chi connectivity index (χ1n) is 11.2. The molecule has 7 nitrogen and oxygen atoms in total. The van der Waals surface area contributed by atoms with Gasteiger partial charge in [-0.3, -0.25) is 4.79 Å². The van der Waals surface area contributed by atoms with Crippen molar-refractivity contribution in [1.82, 2.24) is 20.2 Å². The van der Waals surface area contributed by atoms with Crippen LogP contribution in [0.3, 0.4) is 0 Å². The molecular formula is C23H30N6O. The summed E-state index contributed by atoms with van der Waals surface area (Å²) >= 11 is 0. The summed E-state index contributed by atoms with van der Waals surface area (Å²) in [4.78, 5) is 28.5. The number of nitrogens with zero attached hydrogens (tertiary/aromatic N) is 5. The van der Waals surface area contributed by atoms with Crippen molar-refractivity contribution in [1.29, 1.82) is 0 Å². The highest BCUT2D eigenvalue weighted by molar-refractivity contribution is 5.95. The van der Waals surface area contributed by atoms with Crippen LogP contribution in [-0.2, 0) is 11.2 Å². The second-order valence-electron chi connectivity index (χ2n) is 8.45. The number of hydrogen-bond acceptors (Lipinski definition) is 6. The molecule has 3 aliphatic heterocycles. The van der Waals surface area contributed by atoms with Gasteiger partial charge in [0, 0.05) is 49.2 Å². The van der Waals surface area contributed by atoms with Gasteiger partial charge < -0.3 is 20.0 Å². The van der Waals surface area contributed by atoms with Gasteiger partial charge in [-0.2, -0.15) is 0 Å². The summed E-state index contributed by atoms with van der Waals surface area (Å²) < 4.78 is 0. The third-order valence-electron chi connectivity index (χ3n) is 6.42. The minimum Gasteiger partial charge on any atom is -0.356 e. The summed E-state index contributed by atoms with van der Waals surface area (Å²) in [6, 6.07) is 8.06. The molecule has 5 rings (SSSR count). The third kappa shape index (κ3) is 4.04. The van der Waals surface area contributed by atoms with Crippen LogP contribution in [-0.4, -0.2) is 73.1 Å². The molecule has 2 aromatic rings. The number of amides is 1. The predicted octanol–water partition coefficient (Wildman–Crippen LogP) is 1.93. The van der Waals surface area contributed by atoms with Crippen molar-refractivity contribution in [2.24, 2.45) is 0 Å². The highest BCUT2D eigenvalue weighted by atomic mass is 16.2. The Morgan fingerprint density at radius 2 is 1.83 bits per heavy atom. The first kappa shape index (κ1) is 19.5. The Hall–Kier alpha value is -2.51. The zero-order valence-corrected chi connectivity index (χ0v) is 17.5. The third-order valence-corrected chi connectivity index (χ3v) is 6.42. The first-order chi connectivity index (χ1) is 14.8. The maximum atomic E-state index is 12.1. The summed E-state index contributed by atoms with van der Waals surface area (Å²) in [6.45, 7) is 7.76. The number of carbonyl (C=O) groups is 1. The zero-order valence-electron chi connectivity index (χ0n) is 17.5. The Balaban J connectivity index is 1.27. The van der Waals surface area contributed by atoms with E-state index in [0.717, 1.165) is 48.9 Å². The van der Waals surface area contributed by atoms with E-state index in [1.54, 1.807) is 0 Å². The number of carbonyl (C=O) groups excluding carboxylic acids is 1. The van der Waals surface area contributed by atoms with Gasteiger partial charge in [0.1, 0.15) is 5.82 Å². The molecule has 0 saturated carbocycles. The van der Waals surface area contributed by atoms with E-state index in [9.17, 15) is 4.79 Å². The van der Waals surface area contributed by atoms with E-state index in [2.05, 4.69) is 20.1 Å². The average molecular weight is 407 g/mol. The molecule has 4 heterocycles. The van der Waals surface area contributed by atoms with E-state index in [1.165, 1.54) is 44.5 Å². The molecule has 1 N–H and O–H groups in total. The quantitative estimate of drug-likeness (QED) is 0.791. The lowest BCUT2D eigenvalue weighted by molar-refractivity contribution is -0.118. The monoisotopic (exact) mass is 406 g/mol. The molecule has 0 aliphatic carbocycles. The topological polar surface area (TPSA) is 64.6 Å². The van der Waals surface area contributed by atoms with Gasteiger partial charge in [-0.1, -0.05) is 0 Å². The van der Waals surface area contributed by atoms with Crippen molar-refractivity contribution < 1.29 is 4.79 Å². The van der Waals surface area contributed by atoms with Gasteiger partial charge in [-0.15, -0.1) is 0 Å². The van der Waals surface area contributed by atoms with Gasteiger partial charge in [-0.05, 0) is 69.6 Å². The average Bonchev–Trinajstić information content (AvgIpc) is 3.44. The maximum Gasteiger partial charge on any atom is 0.240 e. The Kier molecular flexibility index (Phi) is 5.64. The molecule has 158 valence electrons. The molecule has 3 aliphatic rings. The highest BCUT2D eigenvalue weighted by Gasteiger charge is 2.23. The Morgan fingerprint density at radius 3 is 2.63 bits per heavy atom. The van der Waals surface area contributed by atoms with Crippen LogP contribution in [0, 0.1) is 0 Å². The lowest BCUT2D eigenvalue weighted by Crippen LogP contribution is -2.48. The molecule has 0 unspecified atom stereocenters. The molecule has 2 saturated heterocycles. The summed E-state index contributed by atoms with van der Waals surface area (Å²) in [5.41, 5.74) is 3.19. The Labute approximate surface area is 178 Å². The Morgan fingerprint density at radius 1 is 1.00 bits per heavy atom. The number of nitrogens with one attached hydrogen (secondary N) is 1. The van der Waals surface area contributed by atoms with Gasteiger partial charge >= 0.3 is 0 Å². The number of aromatic nitrogens is 2. The summed E-state index contributed by atoms with van der Waals surface area (Å²) in [7, 11) is 0. The first-order valence-corrected chi connectivity index (χ1v) is 11.2. The van der Waals surface area contributed by atoms with Gasteiger partial charge in [0.25, 0.3) is 0 Å². The standard InChI is InChI=1S/C23H30N6O/c30-21-17-24-9-15-29(21)20-6-4-18(5-7-20)22-25-16-19-8-14-28(23(19)26-22)13-3-12-27-10-1-2-11-27/h4-7,16,24H,1-3,8-15,17H2. The summed E-state index contributed by atoms with van der Waals surface area (Å²) in [5.74, 6) is 1.98. The van der Waals surface area contributed by atoms with Crippen molar-refractivity contribution in [3.05, 3.63) is 36.0 Å². The zero-order chi connectivity index (χ0) is 20.3. The van der Waals surface area contributed by atoms with E-state index in [4.69, 9.17) is 4.98 Å². The van der Waals surface area contributed by atoms with Crippen LogP contribution in [0.1, 0.15) is 24.8 Å².